The molecule has 0 spiro atoms. The standard InChI is InChI=1S/C28H35ClN3O3S/c1-21-9-5-3-2-4-7-16-32-17-15-22-11-12-24(29)19-23(22)10-6-8-18-35-26-14-13-25(30-27(26)32)28(33)31-36(34)20-21/h3,5,11-14,19,21H,2,4,6-10,15-18,20H2,1H3/q-1/b5-3+/t21-/m0/s1. The number of hydrogen-bond acceptors (Lipinski definition) is 6. The summed E-state index contributed by atoms with van der Waals surface area (Å²) in [7, 11) is -1.58. The van der Waals surface area contributed by atoms with Gasteiger partial charge >= 0.3 is 0 Å². The van der Waals surface area contributed by atoms with Gasteiger partial charge in [0.05, 0.1) is 6.61 Å². The van der Waals surface area contributed by atoms with Crippen LogP contribution in [-0.2, 0) is 27.6 Å². The molecular formula is C28H35ClN3O3S-. The molecule has 1 aromatic heterocycles. The average Bonchev–Trinajstić information content (AvgIpc) is 2.84. The number of halogens is 1. The van der Waals surface area contributed by atoms with Crippen LogP contribution < -0.4 is 9.64 Å². The molecule has 2 bridgehead atoms. The van der Waals surface area contributed by atoms with Gasteiger partial charge in [-0.25, -0.2) is 4.98 Å². The van der Waals surface area contributed by atoms with Crippen molar-refractivity contribution in [3.05, 3.63) is 64.3 Å². The maximum atomic E-state index is 12.9. The Bertz CT molecular complexity index is 1180. The predicted octanol–water partition coefficient (Wildman–Crippen LogP) is 6.55. The van der Waals surface area contributed by atoms with Crippen LogP contribution in [0.15, 0.2) is 46.8 Å². The molecule has 1 amide bonds. The van der Waals surface area contributed by atoms with Crippen molar-refractivity contribution in [2.45, 2.75) is 58.3 Å². The number of benzene rings is 1. The summed E-state index contributed by atoms with van der Waals surface area (Å²) in [6, 6.07) is 9.62. The molecule has 8 heteroatoms. The minimum atomic E-state index is -1.58. The number of nitrogens with zero attached hydrogens (tertiary/aromatic N) is 3. The van der Waals surface area contributed by atoms with Crippen LogP contribution in [0.1, 0.15) is 67.1 Å². The van der Waals surface area contributed by atoms with Crippen LogP contribution in [0.25, 0.3) is 0 Å². The van der Waals surface area contributed by atoms with Crippen LogP contribution in [0.4, 0.5) is 5.82 Å². The van der Waals surface area contributed by atoms with Crippen LogP contribution in [0.5, 0.6) is 5.75 Å². The SMILES string of the molecule is C[C@H]1C/C=C/CCCCN2CCc3ccc(Cl)cc3CCCCOc3ccc(nc32)C(=O)N=[S-](=O)C1. The Morgan fingerprint density at radius 1 is 1.03 bits per heavy atom. The lowest BCUT2D eigenvalue weighted by Gasteiger charge is -2.27. The Balaban J connectivity index is 1.69. The number of allylic oxidation sites excluding steroid dienone is 2. The molecule has 0 radical (unpaired) electrons. The van der Waals surface area contributed by atoms with Gasteiger partial charge in [-0.05, 0) is 86.8 Å². The van der Waals surface area contributed by atoms with Crippen molar-refractivity contribution in [1.82, 2.24) is 4.98 Å². The Hall–Kier alpha value is -2.38. The topological polar surface area (TPSA) is 71.9 Å². The number of aromatic nitrogens is 1. The van der Waals surface area contributed by atoms with Crippen LogP contribution in [0.2, 0.25) is 5.02 Å². The van der Waals surface area contributed by atoms with E-state index in [1.807, 2.05) is 19.1 Å². The zero-order valence-electron chi connectivity index (χ0n) is 21.0. The second kappa shape index (κ2) is 13.2. The lowest BCUT2D eigenvalue weighted by molar-refractivity contribution is 0.100. The van der Waals surface area contributed by atoms with Crippen molar-refractivity contribution >= 4 is 33.9 Å². The highest BCUT2D eigenvalue weighted by Gasteiger charge is 2.19. The van der Waals surface area contributed by atoms with Gasteiger partial charge in [-0.3, -0.25) is 4.79 Å². The molecule has 2 aliphatic rings. The number of aryl methyl sites for hydroxylation is 1. The summed E-state index contributed by atoms with van der Waals surface area (Å²) >= 11 is 6.30. The van der Waals surface area contributed by atoms with Crippen molar-refractivity contribution in [3.63, 3.8) is 0 Å². The van der Waals surface area contributed by atoms with E-state index in [4.69, 9.17) is 21.3 Å². The third-order valence-electron chi connectivity index (χ3n) is 6.64. The lowest BCUT2D eigenvalue weighted by atomic mass is 9.99. The summed E-state index contributed by atoms with van der Waals surface area (Å²) in [6.07, 6.45) is 12.0. The van der Waals surface area contributed by atoms with E-state index in [1.165, 1.54) is 11.1 Å². The first kappa shape index (κ1) is 26.7. The van der Waals surface area contributed by atoms with E-state index in [9.17, 15) is 9.00 Å². The summed E-state index contributed by atoms with van der Waals surface area (Å²) in [4.78, 5) is 19.8. The number of ether oxygens (including phenoxy) is 1. The summed E-state index contributed by atoms with van der Waals surface area (Å²) in [5.41, 5.74) is 2.79. The molecule has 6 nitrogen and oxygen atoms in total. The van der Waals surface area contributed by atoms with Crippen molar-refractivity contribution < 1.29 is 13.7 Å². The van der Waals surface area contributed by atoms with E-state index in [0.717, 1.165) is 69.5 Å². The number of hydrogen-bond donors (Lipinski definition) is 0. The summed E-state index contributed by atoms with van der Waals surface area (Å²) in [6.45, 7) is 4.15. The summed E-state index contributed by atoms with van der Waals surface area (Å²) in [5.74, 6) is 1.35. The summed E-state index contributed by atoms with van der Waals surface area (Å²) in [5, 5.41) is 0.765. The van der Waals surface area contributed by atoms with Gasteiger partial charge in [0.15, 0.2) is 11.6 Å². The zero-order valence-corrected chi connectivity index (χ0v) is 22.5. The fraction of sp³-hybridized carbons (Fsp3) is 0.500. The van der Waals surface area contributed by atoms with Crippen LogP contribution in [0.3, 0.4) is 0 Å². The van der Waals surface area contributed by atoms with E-state index in [0.29, 0.717) is 23.9 Å². The maximum absolute atomic E-state index is 12.9. The largest absolute Gasteiger partial charge is 0.490 e. The third-order valence-corrected chi connectivity index (χ3v) is 8.10. The smallest absolute Gasteiger partial charge is 0.272 e. The number of pyridine rings is 1. The highest BCUT2D eigenvalue weighted by Crippen LogP contribution is 2.29. The van der Waals surface area contributed by atoms with Crippen molar-refractivity contribution in [2.24, 2.45) is 10.3 Å². The number of fused-ring (bicyclic) bond motifs is 2. The van der Waals surface area contributed by atoms with Gasteiger partial charge in [-0.2, -0.15) is 10.6 Å². The molecule has 0 aliphatic carbocycles. The number of amides is 1. The molecule has 1 aromatic carbocycles. The summed E-state index contributed by atoms with van der Waals surface area (Å²) < 4.78 is 22.6. The zero-order chi connectivity index (χ0) is 25.3. The number of carbonyl (C=O) groups is 1. The van der Waals surface area contributed by atoms with E-state index in [1.54, 1.807) is 6.07 Å². The van der Waals surface area contributed by atoms with E-state index in [2.05, 4.69) is 33.5 Å². The molecule has 2 aromatic rings. The molecular weight excluding hydrogens is 494 g/mol. The molecule has 3 heterocycles. The van der Waals surface area contributed by atoms with Gasteiger partial charge in [0.1, 0.15) is 5.69 Å². The molecule has 0 saturated carbocycles. The minimum absolute atomic E-state index is 0.192. The van der Waals surface area contributed by atoms with E-state index < -0.39 is 16.5 Å². The van der Waals surface area contributed by atoms with Gasteiger partial charge < -0.3 is 18.2 Å². The number of carbonyl (C=O) groups excluding carboxylic acids is 1. The van der Waals surface area contributed by atoms with E-state index >= 15 is 0 Å². The van der Waals surface area contributed by atoms with Gasteiger partial charge in [-0.15, -0.1) is 0 Å². The molecule has 1 atom stereocenters. The molecule has 2 aliphatic heterocycles. The second-order valence-corrected chi connectivity index (χ2v) is 11.3. The Morgan fingerprint density at radius 3 is 2.81 bits per heavy atom. The minimum Gasteiger partial charge on any atom is -0.490 e. The lowest BCUT2D eigenvalue weighted by Crippen LogP contribution is -2.29. The monoisotopic (exact) mass is 528 g/mol. The fourth-order valence-corrected chi connectivity index (χ4v) is 5.81. The quantitative estimate of drug-likeness (QED) is 0.286. The molecule has 0 unspecified atom stereocenters. The van der Waals surface area contributed by atoms with Crippen molar-refractivity contribution in [3.8, 4) is 5.75 Å². The second-order valence-electron chi connectivity index (χ2n) is 9.67. The van der Waals surface area contributed by atoms with E-state index in [-0.39, 0.29) is 11.6 Å². The first-order valence-electron chi connectivity index (χ1n) is 13.0. The maximum Gasteiger partial charge on any atom is 0.272 e. The van der Waals surface area contributed by atoms with Crippen LogP contribution >= 0.6 is 11.6 Å². The van der Waals surface area contributed by atoms with Crippen LogP contribution in [-0.4, -0.2) is 36.3 Å². The van der Waals surface area contributed by atoms with Gasteiger partial charge in [-0.1, -0.05) is 48.4 Å². The molecule has 0 saturated heterocycles. The molecule has 0 fully saturated rings. The fourth-order valence-electron chi connectivity index (χ4n) is 4.64. The van der Waals surface area contributed by atoms with Gasteiger partial charge in [0.25, 0.3) is 5.91 Å². The first-order valence-corrected chi connectivity index (χ1v) is 14.6. The van der Waals surface area contributed by atoms with Gasteiger partial charge in [0, 0.05) is 18.1 Å². The average molecular weight is 529 g/mol. The Kier molecular flexibility index (Phi) is 9.82. The predicted molar refractivity (Wildman–Crippen MR) is 146 cm³/mol. The van der Waals surface area contributed by atoms with Crippen LogP contribution in [0, 0.1) is 5.92 Å². The molecule has 0 N–H and O–H groups in total. The number of anilines is 1. The van der Waals surface area contributed by atoms with Crippen molar-refractivity contribution in [2.75, 3.05) is 30.3 Å². The Morgan fingerprint density at radius 2 is 1.92 bits per heavy atom. The highest BCUT2D eigenvalue weighted by atomic mass is 35.5. The van der Waals surface area contributed by atoms with Gasteiger partial charge in [0.2, 0.25) is 0 Å². The first-order chi connectivity index (χ1) is 17.5. The molecule has 36 heavy (non-hydrogen) atoms. The highest BCUT2D eigenvalue weighted by molar-refractivity contribution is 7.75. The molecule has 4 rings (SSSR count). The third kappa shape index (κ3) is 7.56. The number of rotatable bonds is 0. The normalized spacial score (nSPS) is 21.8. The molecule has 194 valence electrons. The Labute approximate surface area is 221 Å². The van der Waals surface area contributed by atoms with Crippen molar-refractivity contribution in [1.29, 1.82) is 0 Å².